The molecule has 3 aromatic rings. The maximum Gasteiger partial charge on any atom is 0.167 e. The van der Waals surface area contributed by atoms with E-state index in [-0.39, 0.29) is 22.4 Å². The van der Waals surface area contributed by atoms with Crippen molar-refractivity contribution >= 4 is 23.1 Å². The minimum atomic E-state index is -1.02. The number of unbranched alkanes of at least 4 members (excludes halogenated alkanes) is 1. The van der Waals surface area contributed by atoms with Crippen LogP contribution in [0.4, 0.5) is 18.9 Å². The van der Waals surface area contributed by atoms with Crippen molar-refractivity contribution in [3.63, 3.8) is 0 Å². The van der Waals surface area contributed by atoms with Crippen LogP contribution in [0.5, 0.6) is 0 Å². The highest BCUT2D eigenvalue weighted by Gasteiger charge is 2.17. The van der Waals surface area contributed by atoms with Crippen LogP contribution >= 0.6 is 12.2 Å². The Kier molecular flexibility index (Phi) is 6.40. The first-order valence-corrected chi connectivity index (χ1v) is 9.41. The number of aliphatic imine (C=N–C) groups is 1. The van der Waals surface area contributed by atoms with E-state index in [0.29, 0.717) is 5.56 Å². The zero-order valence-electron chi connectivity index (χ0n) is 15.3. The van der Waals surface area contributed by atoms with Gasteiger partial charge < -0.3 is 0 Å². The fraction of sp³-hybridized carbons (Fsp3) is 0.174. The fourth-order valence-electron chi connectivity index (χ4n) is 3.04. The monoisotopic (exact) mass is 397 g/mol. The van der Waals surface area contributed by atoms with Crippen molar-refractivity contribution < 1.29 is 13.2 Å². The number of hydrogen-bond donors (Lipinski definition) is 0. The third-order valence-electron chi connectivity index (χ3n) is 4.59. The molecule has 0 heterocycles. The molecule has 1 nitrogen and oxygen atoms in total. The first-order chi connectivity index (χ1) is 13.5. The molecule has 0 bridgehead atoms. The van der Waals surface area contributed by atoms with Crippen LogP contribution in [-0.2, 0) is 6.42 Å². The van der Waals surface area contributed by atoms with E-state index in [0.717, 1.165) is 30.9 Å². The standard InChI is InChI=1S/C23H18F3NS/c1-2-3-4-15-5-7-16(8-6-15)18-10-11-19(23(26)22(18)25)17-9-12-21(27-14-28)20(24)13-17/h5-13H,2-4H2,1H3. The van der Waals surface area contributed by atoms with Crippen molar-refractivity contribution in [2.24, 2.45) is 4.99 Å². The van der Waals surface area contributed by atoms with E-state index in [1.54, 1.807) is 12.1 Å². The van der Waals surface area contributed by atoms with Gasteiger partial charge in [0.25, 0.3) is 0 Å². The average molecular weight is 397 g/mol. The molecule has 0 aliphatic carbocycles. The molecule has 3 aromatic carbocycles. The zero-order chi connectivity index (χ0) is 20.1. The Balaban J connectivity index is 1.95. The lowest BCUT2D eigenvalue weighted by molar-refractivity contribution is 0.513. The molecule has 0 saturated heterocycles. The minimum absolute atomic E-state index is 0.000544. The summed E-state index contributed by atoms with van der Waals surface area (Å²) in [4.78, 5) is 3.58. The Bertz CT molecular complexity index is 1040. The van der Waals surface area contributed by atoms with Crippen molar-refractivity contribution in [2.45, 2.75) is 26.2 Å². The molecular weight excluding hydrogens is 379 g/mol. The van der Waals surface area contributed by atoms with Crippen LogP contribution in [0.2, 0.25) is 0 Å². The van der Waals surface area contributed by atoms with Gasteiger partial charge in [0.2, 0.25) is 0 Å². The van der Waals surface area contributed by atoms with Crippen molar-refractivity contribution in [1.82, 2.24) is 0 Å². The lowest BCUT2D eigenvalue weighted by atomic mass is 9.97. The second-order valence-corrected chi connectivity index (χ2v) is 6.64. The maximum atomic E-state index is 14.7. The van der Waals surface area contributed by atoms with Gasteiger partial charge in [-0.05, 0) is 53.9 Å². The molecule has 5 heteroatoms. The number of aryl methyl sites for hydroxylation is 1. The Morgan fingerprint density at radius 2 is 1.46 bits per heavy atom. The maximum absolute atomic E-state index is 14.7. The SMILES string of the molecule is CCCCc1ccc(-c2ccc(-c3ccc(N=C=S)c(F)c3)c(F)c2F)cc1. The van der Waals surface area contributed by atoms with Gasteiger partial charge in [-0.25, -0.2) is 13.2 Å². The molecule has 28 heavy (non-hydrogen) atoms. The fourth-order valence-corrected chi connectivity index (χ4v) is 3.14. The lowest BCUT2D eigenvalue weighted by Gasteiger charge is -2.10. The second-order valence-electron chi connectivity index (χ2n) is 6.46. The van der Waals surface area contributed by atoms with Gasteiger partial charge in [0.1, 0.15) is 11.5 Å². The summed E-state index contributed by atoms with van der Waals surface area (Å²) in [6.07, 6.45) is 3.14. The molecule has 0 fully saturated rings. The molecule has 0 atom stereocenters. The molecule has 0 saturated carbocycles. The van der Waals surface area contributed by atoms with E-state index in [1.807, 2.05) is 12.1 Å². The zero-order valence-corrected chi connectivity index (χ0v) is 16.1. The molecule has 0 aliphatic rings. The molecule has 0 unspecified atom stereocenters. The van der Waals surface area contributed by atoms with E-state index in [2.05, 4.69) is 29.3 Å². The number of hydrogen-bond acceptors (Lipinski definition) is 2. The molecule has 0 radical (unpaired) electrons. The third kappa shape index (κ3) is 4.22. The highest BCUT2D eigenvalue weighted by molar-refractivity contribution is 7.78. The van der Waals surface area contributed by atoms with Crippen LogP contribution in [0.3, 0.4) is 0 Å². The van der Waals surface area contributed by atoms with E-state index in [9.17, 15) is 13.2 Å². The quantitative estimate of drug-likeness (QED) is 0.310. The molecule has 0 aliphatic heterocycles. The van der Waals surface area contributed by atoms with Crippen molar-refractivity contribution in [1.29, 1.82) is 0 Å². The highest BCUT2D eigenvalue weighted by atomic mass is 32.1. The van der Waals surface area contributed by atoms with E-state index in [4.69, 9.17) is 0 Å². The molecule has 0 aromatic heterocycles. The Morgan fingerprint density at radius 1 is 0.857 bits per heavy atom. The Hall–Kier alpha value is -2.75. The summed E-state index contributed by atoms with van der Waals surface area (Å²) in [5.41, 5.74) is 2.14. The summed E-state index contributed by atoms with van der Waals surface area (Å²) < 4.78 is 43.5. The van der Waals surface area contributed by atoms with Gasteiger partial charge in [-0.15, -0.1) is 0 Å². The molecule has 3 rings (SSSR count). The summed E-state index contributed by atoms with van der Waals surface area (Å²) in [5, 5.41) is 2.08. The molecule has 142 valence electrons. The summed E-state index contributed by atoms with van der Waals surface area (Å²) in [5.74, 6) is -2.65. The summed E-state index contributed by atoms with van der Waals surface area (Å²) in [6.45, 7) is 2.12. The topological polar surface area (TPSA) is 12.4 Å². The first kappa shape index (κ1) is 20.0. The number of halogens is 3. The van der Waals surface area contributed by atoms with Gasteiger partial charge in [-0.1, -0.05) is 55.8 Å². The summed E-state index contributed by atoms with van der Waals surface area (Å²) in [6, 6.07) is 14.3. The number of thiocarbonyl (C=S) groups is 1. The van der Waals surface area contributed by atoms with E-state index >= 15 is 0 Å². The molecule has 0 N–H and O–H groups in total. The Labute approximate surface area is 167 Å². The average Bonchev–Trinajstić information content (AvgIpc) is 2.71. The highest BCUT2D eigenvalue weighted by Crippen LogP contribution is 2.33. The number of nitrogens with zero attached hydrogens (tertiary/aromatic N) is 1. The van der Waals surface area contributed by atoms with Gasteiger partial charge in [0, 0.05) is 11.1 Å². The molecule has 0 spiro atoms. The van der Waals surface area contributed by atoms with Crippen molar-refractivity contribution in [2.75, 3.05) is 0 Å². The Morgan fingerprint density at radius 3 is 2.04 bits per heavy atom. The lowest BCUT2D eigenvalue weighted by Crippen LogP contribution is -1.95. The van der Waals surface area contributed by atoms with Crippen molar-refractivity contribution in [3.05, 3.63) is 77.6 Å². The minimum Gasteiger partial charge on any atom is -0.205 e. The smallest absolute Gasteiger partial charge is 0.167 e. The summed E-state index contributed by atoms with van der Waals surface area (Å²) >= 11 is 4.45. The van der Waals surface area contributed by atoms with Crippen LogP contribution < -0.4 is 0 Å². The van der Waals surface area contributed by atoms with E-state index in [1.165, 1.54) is 24.3 Å². The molecular formula is C23H18F3NS. The van der Waals surface area contributed by atoms with Crippen LogP contribution in [0.15, 0.2) is 59.6 Å². The second kappa shape index (κ2) is 8.96. The van der Waals surface area contributed by atoms with Gasteiger partial charge in [-0.3, -0.25) is 0 Å². The normalized spacial score (nSPS) is 10.6. The first-order valence-electron chi connectivity index (χ1n) is 9.00. The van der Waals surface area contributed by atoms with E-state index < -0.39 is 17.5 Å². The van der Waals surface area contributed by atoms with Crippen LogP contribution in [0.25, 0.3) is 22.3 Å². The van der Waals surface area contributed by atoms with Gasteiger partial charge in [0.15, 0.2) is 11.6 Å². The van der Waals surface area contributed by atoms with Crippen molar-refractivity contribution in [3.8, 4) is 22.3 Å². The largest absolute Gasteiger partial charge is 0.205 e. The van der Waals surface area contributed by atoms with Crippen LogP contribution in [-0.4, -0.2) is 5.16 Å². The van der Waals surface area contributed by atoms with Gasteiger partial charge in [-0.2, -0.15) is 4.99 Å². The summed E-state index contributed by atoms with van der Waals surface area (Å²) in [7, 11) is 0. The number of isothiocyanates is 1. The van der Waals surface area contributed by atoms with Gasteiger partial charge in [0.05, 0.1) is 5.16 Å². The number of benzene rings is 3. The van der Waals surface area contributed by atoms with Gasteiger partial charge >= 0.3 is 0 Å². The predicted octanol–water partition coefficient (Wildman–Crippen LogP) is 7.51. The number of rotatable bonds is 6. The third-order valence-corrected chi connectivity index (χ3v) is 4.68. The van der Waals surface area contributed by atoms with Crippen LogP contribution in [0, 0.1) is 17.5 Å². The van der Waals surface area contributed by atoms with Crippen LogP contribution in [0.1, 0.15) is 25.3 Å². The predicted molar refractivity (Wildman–Crippen MR) is 110 cm³/mol. The molecule has 0 amide bonds.